The Labute approximate surface area is 111 Å². The fraction of sp³-hybridized carbons (Fsp3) is 0.800. The Kier molecular flexibility index (Phi) is 4.75. The summed E-state index contributed by atoms with van der Waals surface area (Å²) in [4.78, 5) is 21.9. The highest BCUT2D eigenvalue weighted by Gasteiger charge is 2.39. The Morgan fingerprint density at radius 3 is 2.53 bits per heavy atom. The van der Waals surface area contributed by atoms with E-state index < -0.39 is 33.5 Å². The van der Waals surface area contributed by atoms with Crippen molar-refractivity contribution in [2.24, 2.45) is 0 Å². The van der Waals surface area contributed by atoms with Gasteiger partial charge < -0.3 is 20.8 Å². The van der Waals surface area contributed by atoms with E-state index in [1.807, 2.05) is 0 Å². The monoisotopic (exact) mass is 294 g/mol. The van der Waals surface area contributed by atoms with E-state index >= 15 is 0 Å². The van der Waals surface area contributed by atoms with Gasteiger partial charge in [-0.2, -0.15) is 0 Å². The molecule has 2 amide bonds. The molecule has 0 spiro atoms. The van der Waals surface area contributed by atoms with Crippen LogP contribution in [-0.4, -0.2) is 60.3 Å². The molecule has 9 heteroatoms. The lowest BCUT2D eigenvalue weighted by Gasteiger charge is -2.24. The second-order valence-corrected chi connectivity index (χ2v) is 7.11. The largest absolute Gasteiger partial charge is 0.479 e. The summed E-state index contributed by atoms with van der Waals surface area (Å²) in [6.07, 6.45) is -1.29. The first-order chi connectivity index (χ1) is 8.64. The maximum atomic E-state index is 11.5. The topological polar surface area (TPSA) is 133 Å². The number of aliphatic hydroxyl groups is 1. The standard InChI is InChI=1S/C10H18N2O6S/c1-10(3-5-19(17,18)6-10)12-9(16)11-4-2-7(13)8(14)15/h7,13H,2-6H2,1H3,(H,14,15)(H2,11,12,16)/t7-,10?/m0/s1. The summed E-state index contributed by atoms with van der Waals surface area (Å²) in [7, 11) is -3.10. The molecule has 2 atom stereocenters. The fourth-order valence-electron chi connectivity index (χ4n) is 1.87. The minimum atomic E-state index is -3.10. The molecule has 1 heterocycles. The number of aliphatic carboxylic acids is 1. The molecule has 1 saturated heterocycles. The number of nitrogens with one attached hydrogen (secondary N) is 2. The van der Waals surface area contributed by atoms with Crippen molar-refractivity contribution >= 4 is 21.8 Å². The molecule has 0 bridgehead atoms. The molecule has 0 aliphatic carbocycles. The number of carboxylic acid groups (broad SMARTS) is 1. The lowest BCUT2D eigenvalue weighted by molar-refractivity contribution is -0.146. The quantitative estimate of drug-likeness (QED) is 0.498. The zero-order chi connectivity index (χ0) is 14.7. The Bertz CT molecular complexity index is 463. The first-order valence-electron chi connectivity index (χ1n) is 5.81. The predicted molar refractivity (Wildman–Crippen MR) is 66.5 cm³/mol. The van der Waals surface area contributed by atoms with Crippen molar-refractivity contribution in [3.8, 4) is 0 Å². The van der Waals surface area contributed by atoms with Gasteiger partial charge in [-0.3, -0.25) is 0 Å². The van der Waals surface area contributed by atoms with Crippen LogP contribution in [0.15, 0.2) is 0 Å². The number of hydrogen-bond acceptors (Lipinski definition) is 5. The van der Waals surface area contributed by atoms with E-state index in [0.717, 1.165) is 0 Å². The molecule has 19 heavy (non-hydrogen) atoms. The van der Waals surface area contributed by atoms with E-state index in [9.17, 15) is 18.0 Å². The number of carbonyl (C=O) groups excluding carboxylic acids is 1. The number of carbonyl (C=O) groups is 2. The molecule has 4 N–H and O–H groups in total. The van der Waals surface area contributed by atoms with E-state index in [0.29, 0.717) is 6.42 Å². The second kappa shape index (κ2) is 5.74. The van der Waals surface area contributed by atoms with Crippen LogP contribution in [0.3, 0.4) is 0 Å². The summed E-state index contributed by atoms with van der Waals surface area (Å²) in [6, 6.07) is -0.572. The van der Waals surface area contributed by atoms with Gasteiger partial charge in [-0.1, -0.05) is 0 Å². The van der Waals surface area contributed by atoms with Gasteiger partial charge in [-0.05, 0) is 13.3 Å². The van der Waals surface area contributed by atoms with Crippen LogP contribution in [-0.2, 0) is 14.6 Å². The average Bonchev–Trinajstić information content (AvgIpc) is 2.52. The van der Waals surface area contributed by atoms with Crippen molar-refractivity contribution in [1.82, 2.24) is 10.6 Å². The minimum absolute atomic E-state index is 0.0118. The highest BCUT2D eigenvalue weighted by atomic mass is 32.2. The Morgan fingerprint density at radius 2 is 2.05 bits per heavy atom. The third kappa shape index (κ3) is 5.03. The van der Waals surface area contributed by atoms with Crippen LogP contribution in [0, 0.1) is 0 Å². The summed E-state index contributed by atoms with van der Waals surface area (Å²) in [5.74, 6) is -1.41. The predicted octanol–water partition coefficient (Wildman–Crippen LogP) is -1.30. The molecule has 0 radical (unpaired) electrons. The van der Waals surface area contributed by atoms with Crippen molar-refractivity contribution in [3.05, 3.63) is 0 Å². The van der Waals surface area contributed by atoms with E-state index in [-0.39, 0.29) is 24.5 Å². The molecule has 1 aliphatic rings. The Hall–Kier alpha value is -1.35. The van der Waals surface area contributed by atoms with Crippen molar-refractivity contribution in [2.75, 3.05) is 18.1 Å². The number of amides is 2. The van der Waals surface area contributed by atoms with Crippen LogP contribution in [0.5, 0.6) is 0 Å². The number of urea groups is 1. The third-order valence-electron chi connectivity index (χ3n) is 2.91. The molecule has 1 rings (SSSR count). The first-order valence-corrected chi connectivity index (χ1v) is 7.63. The summed E-state index contributed by atoms with van der Waals surface area (Å²) < 4.78 is 22.7. The van der Waals surface area contributed by atoms with Crippen LogP contribution in [0.2, 0.25) is 0 Å². The molecular formula is C10H18N2O6S. The van der Waals surface area contributed by atoms with Crippen LogP contribution < -0.4 is 10.6 Å². The molecule has 0 aromatic rings. The number of aliphatic hydroxyl groups excluding tert-OH is 1. The second-order valence-electron chi connectivity index (χ2n) is 4.93. The van der Waals surface area contributed by atoms with E-state index in [2.05, 4.69) is 10.6 Å². The molecular weight excluding hydrogens is 276 g/mol. The van der Waals surface area contributed by atoms with Crippen LogP contribution in [0.4, 0.5) is 4.79 Å². The normalized spacial score (nSPS) is 26.6. The maximum absolute atomic E-state index is 11.5. The van der Waals surface area contributed by atoms with Gasteiger partial charge >= 0.3 is 12.0 Å². The molecule has 1 fully saturated rings. The van der Waals surface area contributed by atoms with Crippen molar-refractivity contribution in [3.63, 3.8) is 0 Å². The zero-order valence-corrected chi connectivity index (χ0v) is 11.4. The van der Waals surface area contributed by atoms with Gasteiger partial charge in [0.2, 0.25) is 0 Å². The summed E-state index contributed by atoms with van der Waals surface area (Å²) in [5.41, 5.74) is -0.797. The van der Waals surface area contributed by atoms with Gasteiger partial charge in [0.15, 0.2) is 15.9 Å². The van der Waals surface area contributed by atoms with Gasteiger partial charge in [0.05, 0.1) is 17.0 Å². The number of sulfone groups is 1. The van der Waals surface area contributed by atoms with Gasteiger partial charge in [0.25, 0.3) is 0 Å². The first kappa shape index (κ1) is 15.7. The highest BCUT2D eigenvalue weighted by Crippen LogP contribution is 2.22. The van der Waals surface area contributed by atoms with Crippen molar-refractivity contribution in [2.45, 2.75) is 31.4 Å². The lowest BCUT2D eigenvalue weighted by atomic mass is 10.0. The van der Waals surface area contributed by atoms with Crippen molar-refractivity contribution in [1.29, 1.82) is 0 Å². The smallest absolute Gasteiger partial charge is 0.332 e. The van der Waals surface area contributed by atoms with Gasteiger partial charge in [-0.25, -0.2) is 18.0 Å². The Morgan fingerprint density at radius 1 is 1.42 bits per heavy atom. The number of hydrogen-bond donors (Lipinski definition) is 4. The highest BCUT2D eigenvalue weighted by molar-refractivity contribution is 7.91. The average molecular weight is 294 g/mol. The molecule has 0 aromatic heterocycles. The molecule has 1 aliphatic heterocycles. The SMILES string of the molecule is CC1(NC(=O)NCC[C@H](O)C(=O)O)CCS(=O)(=O)C1. The van der Waals surface area contributed by atoms with E-state index in [1.165, 1.54) is 0 Å². The number of rotatable bonds is 5. The lowest BCUT2D eigenvalue weighted by Crippen LogP contribution is -2.51. The van der Waals surface area contributed by atoms with Gasteiger partial charge in [-0.15, -0.1) is 0 Å². The minimum Gasteiger partial charge on any atom is -0.479 e. The van der Waals surface area contributed by atoms with E-state index in [4.69, 9.17) is 10.2 Å². The van der Waals surface area contributed by atoms with Crippen LogP contribution in [0.25, 0.3) is 0 Å². The third-order valence-corrected chi connectivity index (χ3v) is 4.81. The fourth-order valence-corrected chi connectivity index (χ4v) is 3.97. The van der Waals surface area contributed by atoms with Gasteiger partial charge in [0, 0.05) is 13.0 Å². The number of carboxylic acids is 1. The summed E-state index contributed by atoms with van der Waals surface area (Å²) >= 11 is 0. The summed E-state index contributed by atoms with van der Waals surface area (Å²) in [5, 5.41) is 22.4. The maximum Gasteiger partial charge on any atom is 0.332 e. The molecule has 1 unspecified atom stereocenters. The molecule has 8 nitrogen and oxygen atoms in total. The molecule has 0 aromatic carbocycles. The Balaban J connectivity index is 2.34. The van der Waals surface area contributed by atoms with Crippen LogP contribution in [0.1, 0.15) is 19.8 Å². The van der Waals surface area contributed by atoms with Crippen LogP contribution >= 0.6 is 0 Å². The molecule has 110 valence electrons. The zero-order valence-electron chi connectivity index (χ0n) is 10.5. The molecule has 0 saturated carbocycles. The van der Waals surface area contributed by atoms with E-state index in [1.54, 1.807) is 6.92 Å². The van der Waals surface area contributed by atoms with Gasteiger partial charge in [0.1, 0.15) is 0 Å². The van der Waals surface area contributed by atoms with Crippen molar-refractivity contribution < 1.29 is 28.2 Å². The summed E-state index contributed by atoms with van der Waals surface area (Å²) in [6.45, 7) is 1.63.